The van der Waals surface area contributed by atoms with Crippen LogP contribution in [0, 0.1) is 0 Å². The molecule has 0 saturated heterocycles. The molecule has 0 radical (unpaired) electrons. The second-order valence-electron chi connectivity index (χ2n) is 5.22. The third-order valence-corrected chi connectivity index (χ3v) is 6.58. The Labute approximate surface area is 175 Å². The molecule has 2 aromatic carbocycles. The quantitative estimate of drug-likeness (QED) is 0.509. The van der Waals surface area contributed by atoms with E-state index >= 15 is 0 Å². The summed E-state index contributed by atoms with van der Waals surface area (Å²) in [6.45, 7) is 0. The van der Waals surface area contributed by atoms with E-state index in [2.05, 4.69) is 9.50 Å². The van der Waals surface area contributed by atoms with Crippen LogP contribution < -0.4 is 4.80 Å². The van der Waals surface area contributed by atoms with E-state index in [4.69, 9.17) is 34.8 Å². The van der Waals surface area contributed by atoms with Crippen LogP contribution in [0.5, 0.6) is 0 Å². The number of alkyl halides is 3. The molecule has 0 amide bonds. The summed E-state index contributed by atoms with van der Waals surface area (Å²) in [5, 5.41) is 2.62. The van der Waals surface area contributed by atoms with Crippen LogP contribution >= 0.6 is 46.1 Å². The zero-order valence-electron chi connectivity index (χ0n) is 13.3. The SMILES string of the molecule is O=S(=O)(/N=c1\sc(C(F)(F)F)nn1-c1ccc(Cl)cc1)c1ccc(Cl)c(Cl)c1. The van der Waals surface area contributed by atoms with Gasteiger partial charge < -0.3 is 0 Å². The molecule has 5 nitrogen and oxygen atoms in total. The van der Waals surface area contributed by atoms with Gasteiger partial charge in [0.1, 0.15) is 0 Å². The highest BCUT2D eigenvalue weighted by atomic mass is 35.5. The molecular weight excluding hydrogens is 482 g/mol. The molecule has 13 heteroatoms. The second kappa shape index (κ2) is 7.68. The van der Waals surface area contributed by atoms with Crippen molar-refractivity contribution in [2.24, 2.45) is 4.40 Å². The summed E-state index contributed by atoms with van der Waals surface area (Å²) in [7, 11) is -4.39. The van der Waals surface area contributed by atoms with Gasteiger partial charge in [0, 0.05) is 5.02 Å². The van der Waals surface area contributed by atoms with Crippen LogP contribution in [0.4, 0.5) is 13.2 Å². The summed E-state index contributed by atoms with van der Waals surface area (Å²) in [6, 6.07) is 9.06. The van der Waals surface area contributed by atoms with Crippen molar-refractivity contribution >= 4 is 56.2 Å². The van der Waals surface area contributed by atoms with Gasteiger partial charge in [-0.05, 0) is 42.5 Å². The maximum atomic E-state index is 13.1. The Balaban J connectivity index is 2.22. The van der Waals surface area contributed by atoms with Crippen LogP contribution in [0.2, 0.25) is 15.1 Å². The molecule has 0 atom stereocenters. The van der Waals surface area contributed by atoms with Crippen molar-refractivity contribution in [2.45, 2.75) is 11.1 Å². The lowest BCUT2D eigenvalue weighted by Crippen LogP contribution is -2.17. The first-order valence-corrected chi connectivity index (χ1v) is 10.6. The van der Waals surface area contributed by atoms with E-state index in [0.29, 0.717) is 5.02 Å². The van der Waals surface area contributed by atoms with Gasteiger partial charge in [-0.25, -0.2) is 4.68 Å². The highest BCUT2D eigenvalue weighted by molar-refractivity contribution is 7.90. The van der Waals surface area contributed by atoms with Gasteiger partial charge in [-0.1, -0.05) is 46.1 Å². The molecule has 0 aliphatic carbocycles. The van der Waals surface area contributed by atoms with E-state index in [1.54, 1.807) is 0 Å². The molecule has 1 aromatic heterocycles. The fraction of sp³-hybridized carbons (Fsp3) is 0.0667. The lowest BCUT2D eigenvalue weighted by Gasteiger charge is -2.03. The number of sulfonamides is 1. The number of benzene rings is 2. The van der Waals surface area contributed by atoms with Crippen LogP contribution in [-0.2, 0) is 16.2 Å². The number of hydrogen-bond acceptors (Lipinski definition) is 4. The third-order valence-electron chi connectivity index (χ3n) is 3.26. The maximum Gasteiger partial charge on any atom is 0.445 e. The van der Waals surface area contributed by atoms with E-state index < -0.39 is 26.0 Å². The predicted molar refractivity (Wildman–Crippen MR) is 101 cm³/mol. The van der Waals surface area contributed by atoms with Gasteiger partial charge in [0.05, 0.1) is 20.6 Å². The molecule has 28 heavy (non-hydrogen) atoms. The number of hydrogen-bond donors (Lipinski definition) is 0. The minimum absolute atomic E-state index is 0.0381. The maximum absolute atomic E-state index is 13.1. The standard InChI is InChI=1S/C15H7Cl3F3N3O2S2/c16-8-1-3-9(4-2-8)24-14(27-13(22-24)15(19,20)21)23-28(25,26)10-5-6-11(17)12(18)7-10/h1-7H/b23-14-. The lowest BCUT2D eigenvalue weighted by molar-refractivity contribution is -0.138. The van der Waals surface area contributed by atoms with Crippen LogP contribution in [-0.4, -0.2) is 18.2 Å². The molecule has 0 saturated carbocycles. The fourth-order valence-corrected chi connectivity index (χ4v) is 4.47. The summed E-state index contributed by atoms with van der Waals surface area (Å²) in [5.74, 6) is 0. The van der Waals surface area contributed by atoms with E-state index in [9.17, 15) is 21.6 Å². The van der Waals surface area contributed by atoms with Crippen LogP contribution in [0.25, 0.3) is 5.69 Å². The summed E-state index contributed by atoms with van der Waals surface area (Å²) < 4.78 is 68.7. The monoisotopic (exact) mass is 487 g/mol. The molecule has 0 bridgehead atoms. The number of aromatic nitrogens is 2. The van der Waals surface area contributed by atoms with Crippen molar-refractivity contribution in [1.29, 1.82) is 0 Å². The Morgan fingerprint density at radius 2 is 1.64 bits per heavy atom. The smallest absolute Gasteiger partial charge is 0.204 e. The first-order valence-electron chi connectivity index (χ1n) is 7.17. The van der Waals surface area contributed by atoms with Gasteiger partial charge >= 0.3 is 6.18 Å². The highest BCUT2D eigenvalue weighted by Crippen LogP contribution is 2.30. The van der Waals surface area contributed by atoms with Crippen LogP contribution in [0.15, 0.2) is 51.8 Å². The second-order valence-corrected chi connectivity index (χ2v) is 9.03. The zero-order valence-corrected chi connectivity index (χ0v) is 17.2. The van der Waals surface area contributed by atoms with Crippen molar-refractivity contribution in [3.8, 4) is 5.69 Å². The average molecular weight is 489 g/mol. The van der Waals surface area contributed by atoms with Crippen LogP contribution in [0.1, 0.15) is 5.01 Å². The molecule has 148 valence electrons. The molecule has 0 unspecified atom stereocenters. The van der Waals surface area contributed by atoms with Crippen molar-refractivity contribution in [1.82, 2.24) is 9.78 Å². The molecule has 0 spiro atoms. The predicted octanol–water partition coefficient (Wildman–Crippen LogP) is 5.20. The molecule has 0 fully saturated rings. The van der Waals surface area contributed by atoms with Crippen LogP contribution in [0.3, 0.4) is 0 Å². The largest absolute Gasteiger partial charge is 0.445 e. The molecule has 0 N–H and O–H groups in total. The Hall–Kier alpha value is -1.59. The summed E-state index contributed by atoms with van der Waals surface area (Å²) >= 11 is 17.4. The molecular formula is C15H7Cl3F3N3O2S2. The average Bonchev–Trinajstić information content (AvgIpc) is 3.01. The van der Waals surface area contributed by atoms with Gasteiger partial charge in [0.25, 0.3) is 10.0 Å². The van der Waals surface area contributed by atoms with E-state index in [1.165, 1.54) is 30.3 Å². The number of halogens is 6. The fourth-order valence-electron chi connectivity index (χ4n) is 2.00. The minimum Gasteiger partial charge on any atom is -0.204 e. The molecule has 1 heterocycles. The van der Waals surface area contributed by atoms with Crippen molar-refractivity contribution < 1.29 is 21.6 Å². The molecule has 0 aliphatic heterocycles. The summed E-state index contributed by atoms with van der Waals surface area (Å²) in [4.78, 5) is -0.827. The van der Waals surface area contributed by atoms with Gasteiger partial charge in [0.15, 0.2) is 0 Å². The molecule has 3 rings (SSSR count). The molecule has 3 aromatic rings. The lowest BCUT2D eigenvalue weighted by atomic mass is 10.3. The first-order chi connectivity index (χ1) is 13.0. The zero-order chi connectivity index (χ0) is 20.7. The van der Waals surface area contributed by atoms with Crippen molar-refractivity contribution in [3.63, 3.8) is 0 Å². The highest BCUT2D eigenvalue weighted by Gasteiger charge is 2.36. The summed E-state index contributed by atoms with van der Waals surface area (Å²) in [6.07, 6.45) is -4.78. The van der Waals surface area contributed by atoms with E-state index in [1.807, 2.05) is 0 Å². The minimum atomic E-state index is -4.78. The Morgan fingerprint density at radius 1 is 1.00 bits per heavy atom. The Bertz CT molecular complexity index is 1200. The summed E-state index contributed by atoms with van der Waals surface area (Å²) in [5.41, 5.74) is 0.152. The van der Waals surface area contributed by atoms with Gasteiger partial charge in [0.2, 0.25) is 9.81 Å². The third kappa shape index (κ3) is 4.52. The Kier molecular flexibility index (Phi) is 5.79. The van der Waals surface area contributed by atoms with E-state index in [0.717, 1.165) is 16.8 Å². The van der Waals surface area contributed by atoms with Gasteiger partial charge in [-0.3, -0.25) is 0 Å². The number of nitrogens with zero attached hydrogens (tertiary/aromatic N) is 3. The van der Waals surface area contributed by atoms with Crippen molar-refractivity contribution in [2.75, 3.05) is 0 Å². The van der Waals surface area contributed by atoms with E-state index in [-0.39, 0.29) is 32.0 Å². The Morgan fingerprint density at radius 3 is 2.21 bits per heavy atom. The van der Waals surface area contributed by atoms with Crippen molar-refractivity contribution in [3.05, 3.63) is 67.3 Å². The topological polar surface area (TPSA) is 64.3 Å². The molecule has 0 aliphatic rings. The van der Waals surface area contributed by atoms with Gasteiger partial charge in [-0.15, -0.1) is 9.50 Å². The van der Waals surface area contributed by atoms with Gasteiger partial charge in [-0.2, -0.15) is 21.6 Å². The first kappa shape index (κ1) is 21.1. The number of rotatable bonds is 3. The normalized spacial score (nSPS) is 13.1.